The van der Waals surface area contributed by atoms with Gasteiger partial charge in [-0.2, -0.15) is 0 Å². The van der Waals surface area contributed by atoms with Crippen molar-refractivity contribution >= 4 is 12.6 Å². The molecule has 5 nitrogen and oxygen atoms in total. The molecule has 2 heterocycles. The van der Waals surface area contributed by atoms with Crippen LogP contribution in [-0.2, 0) is 11.3 Å². The fraction of sp³-hybridized carbons (Fsp3) is 0.333. The quantitative estimate of drug-likeness (QED) is 0.771. The van der Waals surface area contributed by atoms with Crippen molar-refractivity contribution in [3.8, 4) is 5.69 Å². The minimum absolute atomic E-state index is 0.474. The zero-order valence-corrected chi connectivity index (χ0v) is 9.78. The highest BCUT2D eigenvalue weighted by atomic mass is 16.5. The van der Waals surface area contributed by atoms with E-state index in [1.807, 2.05) is 24.4 Å². The first-order valence-corrected chi connectivity index (χ1v) is 6.16. The van der Waals surface area contributed by atoms with Gasteiger partial charge in [-0.25, -0.2) is 4.68 Å². The maximum absolute atomic E-state index is 9.69. The van der Waals surface area contributed by atoms with Crippen LogP contribution in [0.1, 0.15) is 30.0 Å². The first kappa shape index (κ1) is 10.3. The van der Waals surface area contributed by atoms with E-state index in [9.17, 15) is 5.02 Å². The van der Waals surface area contributed by atoms with Crippen molar-refractivity contribution < 1.29 is 9.68 Å². The first-order valence-electron chi connectivity index (χ1n) is 6.16. The third-order valence-corrected chi connectivity index (χ3v) is 3.56. The molecule has 90 valence electrons. The summed E-state index contributed by atoms with van der Waals surface area (Å²) in [7, 11) is -0.814. The van der Waals surface area contributed by atoms with Crippen LogP contribution in [0.15, 0.2) is 24.4 Å². The van der Waals surface area contributed by atoms with Gasteiger partial charge < -0.3 is 9.68 Å². The van der Waals surface area contributed by atoms with Crippen LogP contribution < -0.4 is 5.46 Å². The van der Waals surface area contributed by atoms with E-state index in [4.69, 9.17) is 4.65 Å². The van der Waals surface area contributed by atoms with E-state index < -0.39 is 7.12 Å². The predicted molar refractivity (Wildman–Crippen MR) is 65.7 cm³/mol. The summed E-state index contributed by atoms with van der Waals surface area (Å²) in [6.07, 6.45) is 4.41. The molecule has 1 saturated carbocycles. The second kappa shape index (κ2) is 3.67. The highest BCUT2D eigenvalue weighted by molar-refractivity contribution is 6.61. The first-order chi connectivity index (χ1) is 8.81. The highest BCUT2D eigenvalue weighted by Gasteiger charge is 2.29. The largest absolute Gasteiger partial charge is 0.491 e. The maximum Gasteiger partial charge on any atom is 0.491 e. The lowest BCUT2D eigenvalue weighted by atomic mass is 9.79. The monoisotopic (exact) mass is 241 g/mol. The van der Waals surface area contributed by atoms with E-state index in [-0.39, 0.29) is 0 Å². The molecular formula is C12H12BN3O2. The van der Waals surface area contributed by atoms with Gasteiger partial charge in [0.05, 0.1) is 24.2 Å². The maximum atomic E-state index is 9.69. The highest BCUT2D eigenvalue weighted by Crippen LogP contribution is 2.38. The zero-order chi connectivity index (χ0) is 12.1. The van der Waals surface area contributed by atoms with E-state index in [1.54, 1.807) is 4.68 Å². The van der Waals surface area contributed by atoms with Gasteiger partial charge in [-0.1, -0.05) is 11.3 Å². The second-order valence-corrected chi connectivity index (χ2v) is 4.91. The van der Waals surface area contributed by atoms with E-state index in [1.165, 1.54) is 12.8 Å². The average Bonchev–Trinajstić information content (AvgIpc) is 3.01. The smallest absolute Gasteiger partial charge is 0.423 e. The molecule has 4 rings (SSSR count). The summed E-state index contributed by atoms with van der Waals surface area (Å²) in [6, 6.07) is 5.86. The van der Waals surface area contributed by atoms with E-state index in [0.29, 0.717) is 12.5 Å². The number of rotatable bonds is 2. The standard InChI is InChI=1S/C12H12BN3O2/c17-13-11-5-10(4-3-9(11)7-18-13)16-6-12(14-15-16)8-1-2-8/h3-6,8,17H,1-2,7H2. The van der Waals surface area contributed by atoms with E-state index in [0.717, 1.165) is 22.4 Å². The third kappa shape index (κ3) is 1.57. The summed E-state index contributed by atoms with van der Waals surface area (Å²) >= 11 is 0. The lowest BCUT2D eigenvalue weighted by molar-refractivity contribution is 0.275. The fourth-order valence-corrected chi connectivity index (χ4v) is 2.31. The Morgan fingerprint density at radius 1 is 1.39 bits per heavy atom. The van der Waals surface area contributed by atoms with E-state index >= 15 is 0 Å². The number of benzene rings is 1. The van der Waals surface area contributed by atoms with Gasteiger partial charge in [-0.05, 0) is 36.0 Å². The van der Waals surface area contributed by atoms with Crippen molar-refractivity contribution in [1.82, 2.24) is 15.0 Å². The molecule has 1 aliphatic heterocycles. The van der Waals surface area contributed by atoms with Crippen molar-refractivity contribution in [3.05, 3.63) is 35.7 Å². The van der Waals surface area contributed by atoms with Gasteiger partial charge in [0.1, 0.15) is 0 Å². The summed E-state index contributed by atoms with van der Waals surface area (Å²) in [5.74, 6) is 0.599. The predicted octanol–water partition coefficient (Wildman–Crippen LogP) is 0.362. The van der Waals surface area contributed by atoms with Gasteiger partial charge in [0, 0.05) is 5.92 Å². The number of aromatic nitrogens is 3. The lowest BCUT2D eigenvalue weighted by Crippen LogP contribution is -2.28. The molecule has 2 aliphatic rings. The van der Waals surface area contributed by atoms with Crippen LogP contribution in [0.3, 0.4) is 0 Å². The zero-order valence-electron chi connectivity index (χ0n) is 9.78. The van der Waals surface area contributed by atoms with Gasteiger partial charge in [0.25, 0.3) is 0 Å². The minimum Gasteiger partial charge on any atom is -0.423 e. The van der Waals surface area contributed by atoms with Gasteiger partial charge in [-0.3, -0.25) is 0 Å². The molecule has 0 bridgehead atoms. The van der Waals surface area contributed by atoms with Crippen molar-refractivity contribution in [2.45, 2.75) is 25.4 Å². The molecule has 1 aromatic heterocycles. The molecule has 2 aromatic rings. The summed E-state index contributed by atoms with van der Waals surface area (Å²) in [5.41, 5.74) is 3.84. The minimum atomic E-state index is -0.814. The second-order valence-electron chi connectivity index (χ2n) is 4.91. The molecule has 6 heteroatoms. The van der Waals surface area contributed by atoms with Crippen LogP contribution >= 0.6 is 0 Å². The van der Waals surface area contributed by atoms with Gasteiger partial charge in [-0.15, -0.1) is 5.10 Å². The number of hydrogen-bond acceptors (Lipinski definition) is 4. The Balaban J connectivity index is 1.73. The summed E-state index contributed by atoms with van der Waals surface area (Å²) < 4.78 is 6.94. The number of fused-ring (bicyclic) bond motifs is 1. The topological polar surface area (TPSA) is 60.2 Å². The molecule has 1 fully saturated rings. The summed E-state index contributed by atoms with van der Waals surface area (Å²) in [5, 5.41) is 18.0. The van der Waals surface area contributed by atoms with Crippen molar-refractivity contribution in [2.24, 2.45) is 0 Å². The van der Waals surface area contributed by atoms with Crippen LogP contribution in [0.5, 0.6) is 0 Å². The Morgan fingerprint density at radius 2 is 2.28 bits per heavy atom. The van der Waals surface area contributed by atoms with Crippen molar-refractivity contribution in [3.63, 3.8) is 0 Å². The Kier molecular flexibility index (Phi) is 2.10. The van der Waals surface area contributed by atoms with Crippen LogP contribution in [0.4, 0.5) is 0 Å². The molecule has 18 heavy (non-hydrogen) atoms. The molecule has 0 unspecified atom stereocenters. The van der Waals surface area contributed by atoms with Crippen molar-refractivity contribution in [2.75, 3.05) is 0 Å². The van der Waals surface area contributed by atoms with Crippen LogP contribution in [0.25, 0.3) is 5.69 Å². The molecule has 0 atom stereocenters. The van der Waals surface area contributed by atoms with Gasteiger partial charge >= 0.3 is 7.12 Å². The summed E-state index contributed by atoms with van der Waals surface area (Å²) in [6.45, 7) is 0.474. The molecule has 1 aromatic carbocycles. The molecule has 0 saturated heterocycles. The van der Waals surface area contributed by atoms with Crippen LogP contribution in [-0.4, -0.2) is 27.1 Å². The van der Waals surface area contributed by atoms with Crippen molar-refractivity contribution in [1.29, 1.82) is 0 Å². The Hall–Kier alpha value is -1.66. The number of nitrogens with zero attached hydrogens (tertiary/aromatic N) is 3. The molecule has 0 amide bonds. The lowest BCUT2D eigenvalue weighted by Gasteiger charge is -2.03. The Morgan fingerprint density at radius 3 is 3.11 bits per heavy atom. The Labute approximate surface area is 105 Å². The molecule has 0 spiro atoms. The number of hydrogen-bond donors (Lipinski definition) is 1. The van der Waals surface area contributed by atoms with E-state index in [2.05, 4.69) is 10.3 Å². The molecule has 1 aliphatic carbocycles. The van der Waals surface area contributed by atoms with Crippen LogP contribution in [0.2, 0.25) is 0 Å². The Bertz CT molecular complexity index is 609. The average molecular weight is 241 g/mol. The normalized spacial score (nSPS) is 18.2. The summed E-state index contributed by atoms with van der Waals surface area (Å²) in [4.78, 5) is 0. The van der Waals surface area contributed by atoms with Crippen LogP contribution in [0, 0.1) is 0 Å². The SMILES string of the molecule is OB1OCc2ccc(-n3cc(C4CC4)nn3)cc21. The third-order valence-electron chi connectivity index (χ3n) is 3.56. The fourth-order valence-electron chi connectivity index (χ4n) is 2.31. The van der Waals surface area contributed by atoms with Gasteiger partial charge in [0.2, 0.25) is 0 Å². The molecule has 0 radical (unpaired) electrons. The molecule has 1 N–H and O–H groups in total. The van der Waals surface area contributed by atoms with Gasteiger partial charge in [0.15, 0.2) is 0 Å². The molecular weight excluding hydrogens is 229 g/mol.